The Kier molecular flexibility index (Phi) is 4.86. The van der Waals surface area contributed by atoms with Gasteiger partial charge >= 0.3 is 0 Å². The molecule has 1 aliphatic rings. The molecule has 2 rings (SSSR count). The molecule has 1 aliphatic carbocycles. The second-order valence-corrected chi connectivity index (χ2v) is 6.34. The van der Waals surface area contributed by atoms with Crippen molar-refractivity contribution in [3.05, 3.63) is 12.0 Å². The zero-order valence-electron chi connectivity index (χ0n) is 12.6. The number of nitrogens with zero attached hydrogens (tertiary/aromatic N) is 2. The molecule has 0 spiro atoms. The van der Waals surface area contributed by atoms with Crippen molar-refractivity contribution in [1.82, 2.24) is 10.3 Å². The van der Waals surface area contributed by atoms with Gasteiger partial charge in [-0.1, -0.05) is 13.8 Å². The third-order valence-corrected chi connectivity index (χ3v) is 3.42. The minimum atomic E-state index is 0.440. The maximum absolute atomic E-state index is 5.65. The first-order chi connectivity index (χ1) is 9.06. The Bertz CT molecular complexity index is 382. The second kappa shape index (κ2) is 6.42. The first-order valence-electron chi connectivity index (χ1n) is 7.48. The van der Waals surface area contributed by atoms with Crippen LogP contribution in [-0.4, -0.2) is 24.1 Å². The van der Waals surface area contributed by atoms with Crippen LogP contribution >= 0.6 is 0 Å². The summed E-state index contributed by atoms with van der Waals surface area (Å²) >= 11 is 0. The van der Waals surface area contributed by atoms with E-state index in [0.717, 1.165) is 37.3 Å². The molecule has 19 heavy (non-hydrogen) atoms. The number of hydrogen-bond acceptors (Lipinski definition) is 4. The highest BCUT2D eigenvalue weighted by molar-refractivity contribution is 5.29. The van der Waals surface area contributed by atoms with Crippen LogP contribution in [0.2, 0.25) is 0 Å². The molecule has 0 aromatic carbocycles. The first kappa shape index (κ1) is 14.4. The van der Waals surface area contributed by atoms with Crippen molar-refractivity contribution in [2.75, 3.05) is 18.0 Å². The number of rotatable bonds is 8. The normalized spacial score (nSPS) is 15.5. The van der Waals surface area contributed by atoms with E-state index in [1.165, 1.54) is 12.8 Å². The highest BCUT2D eigenvalue weighted by Crippen LogP contribution is 2.32. The van der Waals surface area contributed by atoms with Gasteiger partial charge in [0.25, 0.3) is 6.01 Å². The molecule has 1 saturated carbocycles. The van der Waals surface area contributed by atoms with Crippen molar-refractivity contribution in [3.63, 3.8) is 0 Å². The molecule has 0 aliphatic heterocycles. The van der Waals surface area contributed by atoms with Crippen molar-refractivity contribution in [2.24, 2.45) is 11.8 Å². The van der Waals surface area contributed by atoms with E-state index in [9.17, 15) is 0 Å². The van der Waals surface area contributed by atoms with Crippen LogP contribution in [0.25, 0.3) is 0 Å². The highest BCUT2D eigenvalue weighted by atomic mass is 16.4. The Morgan fingerprint density at radius 1 is 1.37 bits per heavy atom. The predicted molar refractivity (Wildman–Crippen MR) is 78.3 cm³/mol. The molecule has 1 heterocycles. The van der Waals surface area contributed by atoms with Gasteiger partial charge in [-0.15, -0.1) is 0 Å². The van der Waals surface area contributed by atoms with E-state index in [-0.39, 0.29) is 0 Å². The van der Waals surface area contributed by atoms with Crippen LogP contribution in [0.4, 0.5) is 6.01 Å². The van der Waals surface area contributed by atoms with Gasteiger partial charge in [0.15, 0.2) is 0 Å². The molecule has 4 heteroatoms. The molecule has 0 bridgehead atoms. The SMILES string of the molecule is CC(C)CNCc1coc(N(CC2CC2)C(C)C)n1. The number of nitrogens with one attached hydrogen (secondary N) is 1. The minimum absolute atomic E-state index is 0.440. The van der Waals surface area contributed by atoms with Crippen LogP contribution < -0.4 is 10.2 Å². The number of anilines is 1. The van der Waals surface area contributed by atoms with Gasteiger partial charge in [-0.3, -0.25) is 0 Å². The summed E-state index contributed by atoms with van der Waals surface area (Å²) in [7, 11) is 0. The molecule has 0 amide bonds. The average molecular weight is 265 g/mol. The summed E-state index contributed by atoms with van der Waals surface area (Å²) in [5.74, 6) is 1.50. The molecule has 108 valence electrons. The first-order valence-corrected chi connectivity index (χ1v) is 7.48. The van der Waals surface area contributed by atoms with E-state index in [1.54, 1.807) is 6.26 Å². The molecule has 0 radical (unpaired) electrons. The Balaban J connectivity index is 1.89. The van der Waals surface area contributed by atoms with Crippen molar-refractivity contribution in [1.29, 1.82) is 0 Å². The third kappa shape index (κ3) is 4.53. The van der Waals surface area contributed by atoms with Crippen molar-refractivity contribution in [2.45, 2.75) is 53.1 Å². The molecule has 4 nitrogen and oxygen atoms in total. The van der Waals surface area contributed by atoms with E-state index < -0.39 is 0 Å². The summed E-state index contributed by atoms with van der Waals surface area (Å²) in [5, 5.41) is 3.39. The Morgan fingerprint density at radius 2 is 2.11 bits per heavy atom. The fourth-order valence-electron chi connectivity index (χ4n) is 2.09. The van der Waals surface area contributed by atoms with Crippen molar-refractivity contribution in [3.8, 4) is 0 Å². The summed E-state index contributed by atoms with van der Waals surface area (Å²) in [4.78, 5) is 6.89. The molecule has 0 atom stereocenters. The maximum Gasteiger partial charge on any atom is 0.297 e. The predicted octanol–water partition coefficient (Wildman–Crippen LogP) is 3.05. The smallest absolute Gasteiger partial charge is 0.297 e. The summed E-state index contributed by atoms with van der Waals surface area (Å²) in [6.45, 7) is 11.7. The van der Waals surface area contributed by atoms with Gasteiger partial charge in [0, 0.05) is 19.1 Å². The Labute approximate surface area is 116 Å². The van der Waals surface area contributed by atoms with Crippen LogP contribution in [0.5, 0.6) is 0 Å². The zero-order chi connectivity index (χ0) is 13.8. The van der Waals surface area contributed by atoms with Gasteiger partial charge in [-0.25, -0.2) is 0 Å². The van der Waals surface area contributed by atoms with E-state index >= 15 is 0 Å². The number of oxazole rings is 1. The van der Waals surface area contributed by atoms with Crippen LogP contribution in [0.3, 0.4) is 0 Å². The fraction of sp³-hybridized carbons (Fsp3) is 0.800. The molecule has 1 N–H and O–H groups in total. The van der Waals surface area contributed by atoms with E-state index in [1.807, 2.05) is 0 Å². The molecule has 0 unspecified atom stereocenters. The van der Waals surface area contributed by atoms with E-state index in [4.69, 9.17) is 4.42 Å². The molecular weight excluding hydrogens is 238 g/mol. The quantitative estimate of drug-likeness (QED) is 0.784. The van der Waals surface area contributed by atoms with Crippen molar-refractivity contribution < 1.29 is 4.42 Å². The zero-order valence-corrected chi connectivity index (χ0v) is 12.6. The summed E-state index contributed by atoms with van der Waals surface area (Å²) in [6.07, 6.45) is 4.49. The largest absolute Gasteiger partial charge is 0.432 e. The van der Waals surface area contributed by atoms with Gasteiger partial charge in [0.05, 0.1) is 5.69 Å². The lowest BCUT2D eigenvalue weighted by molar-refractivity contribution is 0.502. The lowest BCUT2D eigenvalue weighted by atomic mass is 10.2. The molecule has 1 aromatic rings. The van der Waals surface area contributed by atoms with Crippen molar-refractivity contribution >= 4 is 6.01 Å². The standard InChI is InChI=1S/C15H27N3O/c1-11(2)7-16-8-14-10-19-15(17-14)18(12(3)4)9-13-5-6-13/h10-13,16H,5-9H2,1-4H3. The number of aromatic nitrogens is 1. The minimum Gasteiger partial charge on any atom is -0.432 e. The molecule has 0 saturated heterocycles. The molecule has 1 aromatic heterocycles. The summed E-state index contributed by atoms with van der Waals surface area (Å²) < 4.78 is 5.65. The topological polar surface area (TPSA) is 41.3 Å². The van der Waals surface area contributed by atoms with E-state index in [0.29, 0.717) is 12.0 Å². The Hall–Kier alpha value is -1.03. The fourth-order valence-corrected chi connectivity index (χ4v) is 2.09. The van der Waals surface area contributed by atoms with Crippen LogP contribution in [0, 0.1) is 11.8 Å². The van der Waals surface area contributed by atoms with Crippen LogP contribution in [0.15, 0.2) is 10.7 Å². The lowest BCUT2D eigenvalue weighted by Crippen LogP contribution is -2.33. The monoisotopic (exact) mass is 265 g/mol. The third-order valence-electron chi connectivity index (χ3n) is 3.42. The molecular formula is C15H27N3O. The van der Waals surface area contributed by atoms with Gasteiger partial charge in [-0.05, 0) is 45.1 Å². The van der Waals surface area contributed by atoms with Gasteiger partial charge in [0.1, 0.15) is 6.26 Å². The highest BCUT2D eigenvalue weighted by Gasteiger charge is 2.27. The summed E-state index contributed by atoms with van der Waals surface area (Å²) in [6, 6.07) is 1.22. The average Bonchev–Trinajstić information content (AvgIpc) is 3.04. The van der Waals surface area contributed by atoms with Gasteiger partial charge in [0.2, 0.25) is 0 Å². The number of hydrogen-bond donors (Lipinski definition) is 1. The Morgan fingerprint density at radius 3 is 2.68 bits per heavy atom. The van der Waals surface area contributed by atoms with Crippen LogP contribution in [0.1, 0.15) is 46.2 Å². The van der Waals surface area contributed by atoms with E-state index in [2.05, 4.69) is 42.9 Å². The maximum atomic E-state index is 5.65. The van der Waals surface area contributed by atoms with Gasteiger partial charge in [-0.2, -0.15) is 4.98 Å². The van der Waals surface area contributed by atoms with Crippen LogP contribution in [-0.2, 0) is 6.54 Å². The lowest BCUT2D eigenvalue weighted by Gasteiger charge is -2.24. The molecule has 1 fully saturated rings. The second-order valence-electron chi connectivity index (χ2n) is 6.34. The van der Waals surface area contributed by atoms with Gasteiger partial charge < -0.3 is 14.6 Å². The summed E-state index contributed by atoms with van der Waals surface area (Å²) in [5.41, 5.74) is 0.997.